The lowest BCUT2D eigenvalue weighted by Gasteiger charge is -2.15. The summed E-state index contributed by atoms with van der Waals surface area (Å²) in [6.45, 7) is 3.75. The summed E-state index contributed by atoms with van der Waals surface area (Å²) in [7, 11) is 0. The molecule has 16 heavy (non-hydrogen) atoms. The quantitative estimate of drug-likeness (QED) is 0.575. The summed E-state index contributed by atoms with van der Waals surface area (Å²) < 4.78 is 0. The number of hydrogen-bond acceptors (Lipinski definition) is 3. The summed E-state index contributed by atoms with van der Waals surface area (Å²) >= 11 is 0. The normalized spacial score (nSPS) is 14.2. The number of aliphatic hydroxyl groups is 1. The first-order chi connectivity index (χ1) is 7.52. The Balaban J connectivity index is 3.96. The molecule has 3 N–H and O–H groups in total. The van der Waals surface area contributed by atoms with Crippen molar-refractivity contribution in [1.82, 2.24) is 5.32 Å². The lowest BCUT2D eigenvalue weighted by atomic mass is 9.98. The molecule has 0 aromatic rings. The van der Waals surface area contributed by atoms with Crippen LogP contribution >= 0.6 is 0 Å². The second-order valence-corrected chi connectivity index (χ2v) is 3.85. The standard InChI is InChI=1S/C11H21NO4/c1-3-5-6-8(4-2)10(14)12-7-9(13)11(15)16/h8-9,13H,3-7H2,1-2H3,(H,12,14)(H,15,16)/t8?,9-/m0/s1. The maximum absolute atomic E-state index is 11.6. The van der Waals surface area contributed by atoms with E-state index in [2.05, 4.69) is 12.2 Å². The number of carbonyl (C=O) groups is 2. The van der Waals surface area contributed by atoms with Crippen LogP contribution in [0.3, 0.4) is 0 Å². The molecule has 0 spiro atoms. The zero-order chi connectivity index (χ0) is 12.6. The number of nitrogens with one attached hydrogen (secondary N) is 1. The van der Waals surface area contributed by atoms with E-state index in [1.165, 1.54) is 0 Å². The second-order valence-electron chi connectivity index (χ2n) is 3.85. The Morgan fingerprint density at radius 2 is 1.94 bits per heavy atom. The first-order valence-corrected chi connectivity index (χ1v) is 5.71. The average molecular weight is 231 g/mol. The number of aliphatic carboxylic acids is 1. The van der Waals surface area contributed by atoms with Crippen molar-refractivity contribution in [2.75, 3.05) is 6.54 Å². The van der Waals surface area contributed by atoms with E-state index in [-0.39, 0.29) is 18.4 Å². The van der Waals surface area contributed by atoms with Gasteiger partial charge in [-0.25, -0.2) is 4.79 Å². The van der Waals surface area contributed by atoms with Gasteiger partial charge in [-0.1, -0.05) is 26.7 Å². The van der Waals surface area contributed by atoms with Crippen molar-refractivity contribution in [3.05, 3.63) is 0 Å². The van der Waals surface area contributed by atoms with Crippen LogP contribution in [0.4, 0.5) is 0 Å². The van der Waals surface area contributed by atoms with Crippen molar-refractivity contribution in [3.8, 4) is 0 Å². The van der Waals surface area contributed by atoms with E-state index in [4.69, 9.17) is 10.2 Å². The molecule has 0 saturated heterocycles. The van der Waals surface area contributed by atoms with Crippen molar-refractivity contribution < 1.29 is 19.8 Å². The smallest absolute Gasteiger partial charge is 0.334 e. The molecule has 94 valence electrons. The summed E-state index contributed by atoms with van der Waals surface area (Å²) in [6.07, 6.45) is 2.03. The van der Waals surface area contributed by atoms with Crippen LogP contribution in [0.5, 0.6) is 0 Å². The monoisotopic (exact) mass is 231 g/mol. The van der Waals surface area contributed by atoms with E-state index in [0.29, 0.717) is 0 Å². The molecule has 1 unspecified atom stereocenters. The molecule has 1 amide bonds. The van der Waals surface area contributed by atoms with E-state index in [0.717, 1.165) is 25.7 Å². The maximum atomic E-state index is 11.6. The maximum Gasteiger partial charge on any atom is 0.334 e. The molecule has 0 aliphatic heterocycles. The molecule has 5 nitrogen and oxygen atoms in total. The van der Waals surface area contributed by atoms with Crippen LogP contribution in [0, 0.1) is 5.92 Å². The molecule has 0 aliphatic carbocycles. The number of aliphatic hydroxyl groups excluding tert-OH is 1. The van der Waals surface area contributed by atoms with Gasteiger partial charge in [0.15, 0.2) is 6.10 Å². The van der Waals surface area contributed by atoms with Crippen molar-refractivity contribution in [2.24, 2.45) is 5.92 Å². The Morgan fingerprint density at radius 3 is 2.38 bits per heavy atom. The lowest BCUT2D eigenvalue weighted by Crippen LogP contribution is -2.39. The van der Waals surface area contributed by atoms with Crippen LogP contribution in [-0.2, 0) is 9.59 Å². The molecule has 0 aliphatic rings. The van der Waals surface area contributed by atoms with Crippen molar-refractivity contribution in [2.45, 2.75) is 45.6 Å². The van der Waals surface area contributed by atoms with Crippen LogP contribution in [0.15, 0.2) is 0 Å². The highest BCUT2D eigenvalue weighted by Gasteiger charge is 2.18. The highest BCUT2D eigenvalue weighted by Crippen LogP contribution is 2.12. The molecule has 0 heterocycles. The van der Waals surface area contributed by atoms with Gasteiger partial charge in [0.05, 0.1) is 6.54 Å². The molecule has 2 atom stereocenters. The van der Waals surface area contributed by atoms with Gasteiger partial charge in [-0.05, 0) is 12.8 Å². The van der Waals surface area contributed by atoms with Crippen molar-refractivity contribution >= 4 is 11.9 Å². The molecule has 0 aromatic carbocycles. The van der Waals surface area contributed by atoms with Crippen LogP contribution in [0.1, 0.15) is 39.5 Å². The predicted molar refractivity (Wildman–Crippen MR) is 60.0 cm³/mol. The highest BCUT2D eigenvalue weighted by atomic mass is 16.4. The van der Waals surface area contributed by atoms with Gasteiger partial charge in [-0.3, -0.25) is 4.79 Å². The Kier molecular flexibility index (Phi) is 7.54. The van der Waals surface area contributed by atoms with Gasteiger partial charge in [0.1, 0.15) is 0 Å². The average Bonchev–Trinajstić information content (AvgIpc) is 2.26. The zero-order valence-electron chi connectivity index (χ0n) is 9.90. The molecular formula is C11H21NO4. The fourth-order valence-corrected chi connectivity index (χ4v) is 1.40. The lowest BCUT2D eigenvalue weighted by molar-refractivity contribution is -0.146. The zero-order valence-corrected chi connectivity index (χ0v) is 9.90. The molecular weight excluding hydrogens is 210 g/mol. The van der Waals surface area contributed by atoms with Crippen LogP contribution < -0.4 is 5.32 Å². The van der Waals surface area contributed by atoms with E-state index in [9.17, 15) is 9.59 Å². The molecule has 5 heteroatoms. The fourth-order valence-electron chi connectivity index (χ4n) is 1.40. The highest BCUT2D eigenvalue weighted by molar-refractivity contribution is 5.79. The van der Waals surface area contributed by atoms with E-state index in [1.54, 1.807) is 0 Å². The number of carbonyl (C=O) groups excluding carboxylic acids is 1. The number of carboxylic acid groups (broad SMARTS) is 1. The summed E-state index contributed by atoms with van der Waals surface area (Å²) in [5, 5.41) is 19.9. The first-order valence-electron chi connectivity index (χ1n) is 5.71. The molecule has 0 radical (unpaired) electrons. The molecule has 0 fully saturated rings. The largest absolute Gasteiger partial charge is 0.479 e. The SMILES string of the molecule is CCCCC(CC)C(=O)NC[C@H](O)C(=O)O. The Morgan fingerprint density at radius 1 is 1.31 bits per heavy atom. The first kappa shape index (κ1) is 14.9. The van der Waals surface area contributed by atoms with Crippen molar-refractivity contribution in [1.29, 1.82) is 0 Å². The Labute approximate surface area is 95.9 Å². The molecule has 0 saturated carbocycles. The van der Waals surface area contributed by atoms with Gasteiger partial charge in [0.25, 0.3) is 0 Å². The third-order valence-electron chi connectivity index (χ3n) is 2.52. The van der Waals surface area contributed by atoms with E-state index < -0.39 is 12.1 Å². The Hall–Kier alpha value is -1.10. The van der Waals surface area contributed by atoms with Crippen molar-refractivity contribution in [3.63, 3.8) is 0 Å². The topological polar surface area (TPSA) is 86.6 Å². The predicted octanol–water partition coefficient (Wildman–Crippen LogP) is 0.764. The van der Waals surface area contributed by atoms with Crippen LogP contribution in [0.25, 0.3) is 0 Å². The van der Waals surface area contributed by atoms with E-state index in [1.807, 2.05) is 6.92 Å². The van der Waals surface area contributed by atoms with E-state index >= 15 is 0 Å². The number of hydrogen-bond donors (Lipinski definition) is 3. The number of carboxylic acids is 1. The van der Waals surface area contributed by atoms with Gasteiger partial charge in [-0.15, -0.1) is 0 Å². The number of amides is 1. The molecule has 0 aromatic heterocycles. The fraction of sp³-hybridized carbons (Fsp3) is 0.818. The summed E-state index contributed by atoms with van der Waals surface area (Å²) in [4.78, 5) is 21.9. The van der Waals surface area contributed by atoms with Gasteiger partial charge in [0.2, 0.25) is 5.91 Å². The number of unbranched alkanes of at least 4 members (excludes halogenated alkanes) is 1. The van der Waals surface area contributed by atoms with Gasteiger partial charge < -0.3 is 15.5 Å². The van der Waals surface area contributed by atoms with Gasteiger partial charge in [-0.2, -0.15) is 0 Å². The third-order valence-corrected chi connectivity index (χ3v) is 2.52. The summed E-state index contributed by atoms with van der Waals surface area (Å²) in [5.41, 5.74) is 0. The molecule has 0 bridgehead atoms. The van der Waals surface area contributed by atoms with Crippen LogP contribution in [-0.4, -0.2) is 34.7 Å². The number of rotatable bonds is 8. The second kappa shape index (κ2) is 8.10. The minimum atomic E-state index is -1.52. The van der Waals surface area contributed by atoms with Crippen LogP contribution in [0.2, 0.25) is 0 Å². The molecule has 0 rings (SSSR count). The Bertz CT molecular complexity index is 230. The summed E-state index contributed by atoms with van der Waals surface area (Å²) in [6, 6.07) is 0. The summed E-state index contributed by atoms with van der Waals surface area (Å²) in [5.74, 6) is -1.57. The van der Waals surface area contributed by atoms with Gasteiger partial charge in [0, 0.05) is 5.92 Å². The minimum absolute atomic E-state index is 0.0825. The van der Waals surface area contributed by atoms with Gasteiger partial charge >= 0.3 is 5.97 Å². The minimum Gasteiger partial charge on any atom is -0.479 e. The third kappa shape index (κ3) is 5.70.